The van der Waals surface area contributed by atoms with Crippen molar-refractivity contribution in [1.29, 1.82) is 0 Å². The zero-order valence-corrected chi connectivity index (χ0v) is 12.2. The van der Waals surface area contributed by atoms with Gasteiger partial charge in [0.05, 0.1) is 0 Å². The average molecular weight is 327 g/mol. The molecule has 1 N–H and O–H groups in total. The van der Waals surface area contributed by atoms with Crippen LogP contribution in [0.3, 0.4) is 0 Å². The summed E-state index contributed by atoms with van der Waals surface area (Å²) in [6, 6.07) is 7.83. The normalized spacial score (nSPS) is 10.4. The fourth-order valence-corrected chi connectivity index (χ4v) is 2.97. The van der Waals surface area contributed by atoms with E-state index in [0.717, 1.165) is 22.6 Å². The topological polar surface area (TPSA) is 53.4 Å². The molecule has 0 bridgehead atoms. The predicted octanol–water partition coefficient (Wildman–Crippen LogP) is 3.34. The third-order valence-electron chi connectivity index (χ3n) is 2.41. The molecule has 0 aliphatic rings. The molecule has 2 rings (SSSR count). The summed E-state index contributed by atoms with van der Waals surface area (Å²) in [5, 5.41) is 9.68. The number of carbonyl (C=O) groups is 1. The van der Waals surface area contributed by atoms with Gasteiger partial charge in [-0.3, -0.25) is 0 Å². The van der Waals surface area contributed by atoms with Crippen molar-refractivity contribution < 1.29 is 9.90 Å². The fraction of sp³-hybridized carbons (Fsp3) is 0.167. The van der Waals surface area contributed by atoms with Gasteiger partial charge >= 0.3 is 5.97 Å². The van der Waals surface area contributed by atoms with Crippen LogP contribution in [0.1, 0.15) is 9.67 Å². The summed E-state index contributed by atoms with van der Waals surface area (Å²) in [5.74, 6) is -0.962. The summed E-state index contributed by atoms with van der Waals surface area (Å²) in [6.07, 6.45) is 0. The highest BCUT2D eigenvalue weighted by atomic mass is 79.9. The summed E-state index contributed by atoms with van der Waals surface area (Å²) in [5.41, 5.74) is 2.01. The molecule has 0 saturated carbocycles. The van der Waals surface area contributed by atoms with Gasteiger partial charge in [-0.05, 0) is 40.2 Å². The van der Waals surface area contributed by atoms with Gasteiger partial charge in [0, 0.05) is 25.3 Å². The lowest BCUT2D eigenvalue weighted by Gasteiger charge is -2.11. The van der Waals surface area contributed by atoms with Gasteiger partial charge in [0.15, 0.2) is 0 Å². The average Bonchev–Trinajstić information content (AvgIpc) is 2.71. The van der Waals surface area contributed by atoms with Crippen molar-refractivity contribution in [3.05, 3.63) is 33.7 Å². The molecule has 0 aliphatic carbocycles. The minimum Gasteiger partial charge on any atom is -0.477 e. The van der Waals surface area contributed by atoms with Gasteiger partial charge in [0.25, 0.3) is 0 Å². The Hall–Kier alpha value is -1.40. The summed E-state index contributed by atoms with van der Waals surface area (Å²) in [6.45, 7) is 0. The molecule has 0 unspecified atom stereocenters. The van der Waals surface area contributed by atoms with Gasteiger partial charge in [0.1, 0.15) is 14.5 Å². The minimum absolute atomic E-state index is 0.224. The smallest absolute Gasteiger partial charge is 0.348 e. The van der Waals surface area contributed by atoms with Crippen LogP contribution in [0.5, 0.6) is 0 Å². The van der Waals surface area contributed by atoms with Crippen LogP contribution in [-0.4, -0.2) is 30.2 Å². The number of carboxylic acids is 1. The van der Waals surface area contributed by atoms with E-state index in [2.05, 4.69) is 20.9 Å². The first-order valence-corrected chi connectivity index (χ1v) is 6.77. The molecule has 0 aliphatic heterocycles. The van der Waals surface area contributed by atoms with E-state index in [9.17, 15) is 4.79 Å². The summed E-state index contributed by atoms with van der Waals surface area (Å²) in [7, 11) is 3.94. The maximum absolute atomic E-state index is 10.9. The number of thiazole rings is 1. The van der Waals surface area contributed by atoms with Crippen LogP contribution in [0.4, 0.5) is 5.69 Å². The highest BCUT2D eigenvalue weighted by molar-refractivity contribution is 9.10. The third kappa shape index (κ3) is 2.54. The number of anilines is 1. The lowest BCUT2D eigenvalue weighted by Crippen LogP contribution is -2.07. The molecule has 0 fully saturated rings. The number of halogens is 1. The van der Waals surface area contributed by atoms with E-state index < -0.39 is 5.97 Å². The van der Waals surface area contributed by atoms with Gasteiger partial charge in [-0.15, -0.1) is 11.3 Å². The summed E-state index contributed by atoms with van der Waals surface area (Å²) in [4.78, 5) is 17.4. The van der Waals surface area contributed by atoms with Crippen molar-refractivity contribution in [3.8, 4) is 10.6 Å². The standard InChI is InChI=1S/C12H11BrN2O2S/c1-15(2)8-5-3-7(4-6-8)11-14-10(13)9(18-11)12(16)17/h3-6H,1-2H3,(H,16,17). The molecule has 0 saturated heterocycles. The number of rotatable bonds is 3. The monoisotopic (exact) mass is 326 g/mol. The number of aromatic nitrogens is 1. The molecule has 0 atom stereocenters. The van der Waals surface area contributed by atoms with Crippen molar-refractivity contribution >= 4 is 38.9 Å². The van der Waals surface area contributed by atoms with Crippen LogP contribution in [0.25, 0.3) is 10.6 Å². The summed E-state index contributed by atoms with van der Waals surface area (Å²) < 4.78 is 0.381. The Kier molecular flexibility index (Phi) is 3.68. The number of benzene rings is 1. The number of aromatic carboxylic acids is 1. The molecule has 1 aromatic carbocycles. The largest absolute Gasteiger partial charge is 0.477 e. The number of carboxylic acid groups (broad SMARTS) is 1. The van der Waals surface area contributed by atoms with Gasteiger partial charge in [-0.25, -0.2) is 9.78 Å². The van der Waals surface area contributed by atoms with Crippen LogP contribution >= 0.6 is 27.3 Å². The highest BCUT2D eigenvalue weighted by Crippen LogP contribution is 2.31. The van der Waals surface area contributed by atoms with E-state index in [-0.39, 0.29) is 4.88 Å². The Morgan fingerprint density at radius 1 is 1.33 bits per heavy atom. The van der Waals surface area contributed by atoms with E-state index in [1.54, 1.807) is 0 Å². The molecule has 2 aromatic rings. The van der Waals surface area contributed by atoms with Crippen molar-refractivity contribution in [3.63, 3.8) is 0 Å². The molecule has 0 amide bonds. The van der Waals surface area contributed by atoms with E-state index in [1.165, 1.54) is 0 Å². The van der Waals surface area contributed by atoms with Crippen molar-refractivity contribution in [1.82, 2.24) is 4.98 Å². The molecule has 4 nitrogen and oxygen atoms in total. The first kappa shape index (κ1) is 13.0. The van der Waals surface area contributed by atoms with Crippen LogP contribution in [-0.2, 0) is 0 Å². The Morgan fingerprint density at radius 3 is 2.39 bits per heavy atom. The Balaban J connectivity index is 2.37. The lowest BCUT2D eigenvalue weighted by molar-refractivity contribution is 0.0701. The molecule has 1 heterocycles. The number of nitrogens with zero attached hydrogens (tertiary/aromatic N) is 2. The fourth-order valence-electron chi connectivity index (χ4n) is 1.46. The molecule has 18 heavy (non-hydrogen) atoms. The van der Waals surface area contributed by atoms with Crippen LogP contribution in [0.15, 0.2) is 28.9 Å². The van der Waals surface area contributed by atoms with Gasteiger partial charge < -0.3 is 10.0 Å². The van der Waals surface area contributed by atoms with Crippen molar-refractivity contribution in [2.75, 3.05) is 19.0 Å². The lowest BCUT2D eigenvalue weighted by atomic mass is 10.2. The predicted molar refractivity (Wildman–Crippen MR) is 76.5 cm³/mol. The van der Waals surface area contributed by atoms with Gasteiger partial charge in [-0.1, -0.05) is 0 Å². The maximum Gasteiger partial charge on any atom is 0.348 e. The molecule has 6 heteroatoms. The van der Waals surface area contributed by atoms with E-state index >= 15 is 0 Å². The molecule has 0 radical (unpaired) electrons. The number of hydrogen-bond acceptors (Lipinski definition) is 4. The van der Waals surface area contributed by atoms with Gasteiger partial charge in [-0.2, -0.15) is 0 Å². The SMILES string of the molecule is CN(C)c1ccc(-c2nc(Br)c(C(=O)O)s2)cc1. The summed E-state index contributed by atoms with van der Waals surface area (Å²) >= 11 is 4.33. The van der Waals surface area contributed by atoms with Crippen LogP contribution in [0.2, 0.25) is 0 Å². The van der Waals surface area contributed by atoms with Gasteiger partial charge in [0.2, 0.25) is 0 Å². The number of hydrogen-bond donors (Lipinski definition) is 1. The zero-order valence-electron chi connectivity index (χ0n) is 9.85. The second-order valence-electron chi connectivity index (χ2n) is 3.89. The molecular weight excluding hydrogens is 316 g/mol. The molecule has 94 valence electrons. The van der Waals surface area contributed by atoms with Crippen molar-refractivity contribution in [2.24, 2.45) is 0 Å². The minimum atomic E-state index is -0.962. The third-order valence-corrected chi connectivity index (χ3v) is 4.34. The van der Waals surface area contributed by atoms with E-state index in [1.807, 2.05) is 43.3 Å². The molecular formula is C12H11BrN2O2S. The maximum atomic E-state index is 10.9. The Labute approximate surface area is 117 Å². The second-order valence-corrected chi connectivity index (χ2v) is 5.64. The zero-order chi connectivity index (χ0) is 13.3. The van der Waals surface area contributed by atoms with Crippen LogP contribution < -0.4 is 4.90 Å². The first-order valence-electron chi connectivity index (χ1n) is 5.16. The quantitative estimate of drug-likeness (QED) is 0.939. The second kappa shape index (κ2) is 5.07. The molecule has 1 aromatic heterocycles. The Morgan fingerprint density at radius 2 is 1.94 bits per heavy atom. The highest BCUT2D eigenvalue weighted by Gasteiger charge is 2.16. The van der Waals surface area contributed by atoms with E-state index in [0.29, 0.717) is 9.61 Å². The van der Waals surface area contributed by atoms with Crippen molar-refractivity contribution in [2.45, 2.75) is 0 Å². The van der Waals surface area contributed by atoms with Crippen LogP contribution in [0, 0.1) is 0 Å². The first-order chi connectivity index (χ1) is 8.49. The Bertz CT molecular complexity index is 578. The van der Waals surface area contributed by atoms with E-state index in [4.69, 9.17) is 5.11 Å². The molecule has 0 spiro atoms.